The minimum atomic E-state index is 0.0191. The lowest BCUT2D eigenvalue weighted by atomic mass is 10.0. The largest absolute Gasteiger partial charge is 0.325 e. The van der Waals surface area contributed by atoms with Crippen LogP contribution >= 0.6 is 0 Å². The van der Waals surface area contributed by atoms with Crippen LogP contribution in [0.4, 0.5) is 0 Å². The molecule has 1 N–H and O–H groups in total. The number of hydrogen-bond donors (Lipinski definition) is 1. The zero-order valence-electron chi connectivity index (χ0n) is 13.4. The van der Waals surface area contributed by atoms with Crippen LogP contribution in [-0.4, -0.2) is 29.6 Å². The van der Waals surface area contributed by atoms with E-state index in [2.05, 4.69) is 51.8 Å². The van der Waals surface area contributed by atoms with Gasteiger partial charge in [0.25, 0.3) is 0 Å². The van der Waals surface area contributed by atoms with Crippen LogP contribution in [0.3, 0.4) is 0 Å². The van der Waals surface area contributed by atoms with Gasteiger partial charge in [0.15, 0.2) is 0 Å². The molecule has 1 amide bonds. The second kappa shape index (κ2) is 5.08. The molecule has 1 aliphatic heterocycles. The molecule has 1 saturated heterocycles. The van der Waals surface area contributed by atoms with E-state index >= 15 is 0 Å². The Hall–Kier alpha value is -0.570. The summed E-state index contributed by atoms with van der Waals surface area (Å²) in [6, 6.07) is 0.0191. The van der Waals surface area contributed by atoms with E-state index in [0.717, 1.165) is 13.0 Å². The van der Waals surface area contributed by atoms with Crippen molar-refractivity contribution in [1.29, 1.82) is 0 Å². The predicted molar refractivity (Wildman–Crippen MR) is 78.6 cm³/mol. The molecule has 1 heterocycles. The summed E-state index contributed by atoms with van der Waals surface area (Å²) in [5.41, 5.74) is 0.443. The van der Waals surface area contributed by atoms with E-state index in [0.29, 0.717) is 29.1 Å². The van der Waals surface area contributed by atoms with E-state index in [4.69, 9.17) is 0 Å². The molecule has 1 aliphatic carbocycles. The summed E-state index contributed by atoms with van der Waals surface area (Å²) in [7, 11) is 0. The first-order valence-electron chi connectivity index (χ1n) is 7.79. The number of nitrogens with zero attached hydrogens (tertiary/aromatic N) is 1. The Balaban J connectivity index is 2.05. The van der Waals surface area contributed by atoms with Crippen molar-refractivity contribution < 1.29 is 4.79 Å². The van der Waals surface area contributed by atoms with Crippen molar-refractivity contribution in [3.05, 3.63) is 0 Å². The van der Waals surface area contributed by atoms with Crippen molar-refractivity contribution >= 4 is 5.91 Å². The molecule has 0 radical (unpaired) electrons. The maximum absolute atomic E-state index is 12.6. The van der Waals surface area contributed by atoms with Gasteiger partial charge in [-0.1, -0.05) is 41.5 Å². The highest BCUT2D eigenvalue weighted by atomic mass is 16.2. The zero-order chi connectivity index (χ0) is 14.4. The maximum atomic E-state index is 12.6. The normalized spacial score (nSPS) is 33.6. The van der Waals surface area contributed by atoms with Gasteiger partial charge >= 0.3 is 0 Å². The van der Waals surface area contributed by atoms with Crippen molar-refractivity contribution in [2.75, 3.05) is 6.54 Å². The molecule has 110 valence electrons. The van der Waals surface area contributed by atoms with Crippen LogP contribution in [0.15, 0.2) is 0 Å². The van der Waals surface area contributed by atoms with E-state index in [1.807, 2.05) is 0 Å². The monoisotopic (exact) mass is 266 g/mol. The smallest absolute Gasteiger partial charge is 0.241 e. The highest BCUT2D eigenvalue weighted by molar-refractivity contribution is 5.84. The number of carbonyl (C=O) groups excluding carboxylic acids is 1. The minimum absolute atomic E-state index is 0.0191. The SMILES string of the molecule is CC(C)CC1NC(C(C)C)C(=O)N1CC1CC1(C)C. The predicted octanol–water partition coefficient (Wildman–Crippen LogP) is 2.86. The van der Waals surface area contributed by atoms with Gasteiger partial charge in [0.2, 0.25) is 5.91 Å². The van der Waals surface area contributed by atoms with Gasteiger partial charge in [0.1, 0.15) is 0 Å². The summed E-state index contributed by atoms with van der Waals surface area (Å²) in [6.07, 6.45) is 2.57. The molecule has 3 nitrogen and oxygen atoms in total. The molecule has 0 aromatic heterocycles. The van der Waals surface area contributed by atoms with Gasteiger partial charge in [-0.15, -0.1) is 0 Å². The number of nitrogens with one attached hydrogen (secondary N) is 1. The average molecular weight is 266 g/mol. The number of hydrogen-bond acceptors (Lipinski definition) is 2. The number of carbonyl (C=O) groups is 1. The lowest BCUT2D eigenvalue weighted by molar-refractivity contribution is -0.131. The van der Waals surface area contributed by atoms with Crippen LogP contribution in [-0.2, 0) is 4.79 Å². The topological polar surface area (TPSA) is 32.3 Å². The van der Waals surface area contributed by atoms with Gasteiger partial charge in [-0.05, 0) is 36.0 Å². The highest BCUT2D eigenvalue weighted by Gasteiger charge is 2.50. The van der Waals surface area contributed by atoms with Gasteiger partial charge in [-0.25, -0.2) is 0 Å². The molecule has 0 aromatic rings. The molecule has 0 bridgehead atoms. The van der Waals surface area contributed by atoms with Crippen LogP contribution in [0, 0.1) is 23.2 Å². The van der Waals surface area contributed by atoms with Crippen molar-refractivity contribution in [1.82, 2.24) is 10.2 Å². The Kier molecular flexibility index (Phi) is 3.97. The van der Waals surface area contributed by atoms with Crippen molar-refractivity contribution in [3.8, 4) is 0 Å². The van der Waals surface area contributed by atoms with Crippen LogP contribution in [0.1, 0.15) is 54.4 Å². The average Bonchev–Trinajstić information content (AvgIpc) is 2.74. The van der Waals surface area contributed by atoms with Gasteiger partial charge in [0, 0.05) is 6.54 Å². The van der Waals surface area contributed by atoms with Crippen molar-refractivity contribution in [3.63, 3.8) is 0 Å². The van der Waals surface area contributed by atoms with E-state index in [-0.39, 0.29) is 12.2 Å². The first-order chi connectivity index (χ1) is 8.72. The maximum Gasteiger partial charge on any atom is 0.241 e. The van der Waals surface area contributed by atoms with Crippen molar-refractivity contribution in [2.45, 2.75) is 66.6 Å². The van der Waals surface area contributed by atoms with E-state index in [1.54, 1.807) is 0 Å². The molecular formula is C16H30N2O. The van der Waals surface area contributed by atoms with Gasteiger partial charge < -0.3 is 4.90 Å². The summed E-state index contributed by atoms with van der Waals surface area (Å²) in [5, 5.41) is 3.56. The third-order valence-electron chi connectivity index (χ3n) is 4.79. The van der Waals surface area contributed by atoms with Crippen LogP contribution in [0.2, 0.25) is 0 Å². The quantitative estimate of drug-likeness (QED) is 0.830. The van der Waals surface area contributed by atoms with Crippen LogP contribution in [0.5, 0.6) is 0 Å². The van der Waals surface area contributed by atoms with Crippen LogP contribution < -0.4 is 5.32 Å². The van der Waals surface area contributed by atoms with E-state index in [9.17, 15) is 4.79 Å². The lowest BCUT2D eigenvalue weighted by Gasteiger charge is -2.26. The molecule has 19 heavy (non-hydrogen) atoms. The third kappa shape index (κ3) is 3.13. The molecular weight excluding hydrogens is 236 g/mol. The van der Waals surface area contributed by atoms with Crippen molar-refractivity contribution in [2.24, 2.45) is 23.2 Å². The molecule has 1 saturated carbocycles. The Labute approximate surface area is 118 Å². The lowest BCUT2D eigenvalue weighted by Crippen LogP contribution is -2.40. The van der Waals surface area contributed by atoms with Gasteiger partial charge in [0.05, 0.1) is 12.2 Å². The fourth-order valence-corrected chi connectivity index (χ4v) is 3.16. The highest BCUT2D eigenvalue weighted by Crippen LogP contribution is 2.52. The molecule has 2 aliphatic rings. The van der Waals surface area contributed by atoms with E-state index < -0.39 is 0 Å². The Morgan fingerprint density at radius 2 is 1.89 bits per heavy atom. The summed E-state index contributed by atoms with van der Waals surface area (Å²) >= 11 is 0. The molecule has 3 unspecified atom stereocenters. The minimum Gasteiger partial charge on any atom is -0.325 e. The number of rotatable bonds is 5. The molecule has 3 atom stereocenters. The molecule has 3 heteroatoms. The third-order valence-corrected chi connectivity index (χ3v) is 4.79. The fourth-order valence-electron chi connectivity index (χ4n) is 3.16. The Morgan fingerprint density at radius 3 is 2.32 bits per heavy atom. The summed E-state index contributed by atoms with van der Waals surface area (Å²) in [5.74, 6) is 2.01. The molecule has 0 spiro atoms. The first-order valence-corrected chi connectivity index (χ1v) is 7.79. The Morgan fingerprint density at radius 1 is 1.32 bits per heavy atom. The van der Waals surface area contributed by atoms with Crippen LogP contribution in [0.25, 0.3) is 0 Å². The molecule has 0 aromatic carbocycles. The summed E-state index contributed by atoms with van der Waals surface area (Å²) < 4.78 is 0. The van der Waals surface area contributed by atoms with E-state index in [1.165, 1.54) is 6.42 Å². The Bertz CT molecular complexity index is 349. The molecule has 2 fully saturated rings. The molecule has 2 rings (SSSR count). The zero-order valence-corrected chi connectivity index (χ0v) is 13.4. The summed E-state index contributed by atoms with van der Waals surface area (Å²) in [6.45, 7) is 14.3. The first kappa shape index (κ1) is 14.8. The second-order valence-corrected chi connectivity index (χ2v) is 7.91. The summed E-state index contributed by atoms with van der Waals surface area (Å²) in [4.78, 5) is 14.7. The fraction of sp³-hybridized carbons (Fsp3) is 0.938. The van der Waals surface area contributed by atoms with Gasteiger partial charge in [-0.2, -0.15) is 0 Å². The standard InChI is InChI=1S/C16H30N2O/c1-10(2)7-13-17-14(11(3)4)15(19)18(13)9-12-8-16(12,5)6/h10-14,17H,7-9H2,1-6H3. The second-order valence-electron chi connectivity index (χ2n) is 7.91. The number of amides is 1. The van der Waals surface area contributed by atoms with Gasteiger partial charge in [-0.3, -0.25) is 10.1 Å².